The first-order valence-electron chi connectivity index (χ1n) is 6.45. The van der Waals surface area contributed by atoms with E-state index in [0.717, 1.165) is 0 Å². The Hall–Kier alpha value is -1.35. The van der Waals surface area contributed by atoms with E-state index >= 15 is 0 Å². The Morgan fingerprint density at radius 3 is 2.19 bits per heavy atom. The summed E-state index contributed by atoms with van der Waals surface area (Å²) in [6, 6.07) is 0. The Balaban J connectivity index is 2.37. The van der Waals surface area contributed by atoms with E-state index in [1.165, 1.54) is 6.20 Å². The molecule has 0 atom stereocenters. The number of nitrogen functional groups attached to an aromatic ring is 1. The van der Waals surface area contributed by atoms with Crippen LogP contribution in [0.15, 0.2) is 6.20 Å². The van der Waals surface area contributed by atoms with Crippen molar-refractivity contribution < 1.29 is 22.5 Å². The van der Waals surface area contributed by atoms with E-state index in [2.05, 4.69) is 9.97 Å². The first-order valence-corrected chi connectivity index (χ1v) is 6.45. The van der Waals surface area contributed by atoms with Crippen molar-refractivity contribution in [1.82, 2.24) is 9.97 Å². The van der Waals surface area contributed by atoms with Gasteiger partial charge < -0.3 is 15.0 Å². The zero-order chi connectivity index (χ0) is 16.1. The van der Waals surface area contributed by atoms with Crippen LogP contribution in [0.2, 0.25) is 0 Å². The largest absolute Gasteiger partial charge is 0.498 e. The summed E-state index contributed by atoms with van der Waals surface area (Å²) in [6.45, 7) is 7.26. The normalized spacial score (nSPS) is 20.8. The summed E-state index contributed by atoms with van der Waals surface area (Å²) >= 11 is 0. The van der Waals surface area contributed by atoms with Crippen LogP contribution in [0.3, 0.4) is 0 Å². The minimum atomic E-state index is -4.40. The summed E-state index contributed by atoms with van der Waals surface area (Å²) in [5.41, 5.74) is 3.99. The molecule has 0 aromatic carbocycles. The Morgan fingerprint density at radius 1 is 1.19 bits per heavy atom. The molecule has 1 aromatic heterocycles. The minimum Gasteiger partial charge on any atom is -0.399 e. The number of nitrogens with zero attached hydrogens (tertiary/aromatic N) is 2. The van der Waals surface area contributed by atoms with Crippen LogP contribution in [0, 0.1) is 0 Å². The molecule has 116 valence electrons. The van der Waals surface area contributed by atoms with Crippen molar-refractivity contribution in [2.45, 2.75) is 51.5 Å². The van der Waals surface area contributed by atoms with Crippen LogP contribution >= 0.6 is 0 Å². The number of hydrogen-bond acceptors (Lipinski definition) is 5. The Kier molecular flexibility index (Phi) is 3.70. The highest BCUT2D eigenvalue weighted by Gasteiger charge is 2.53. The van der Waals surface area contributed by atoms with Gasteiger partial charge in [-0.15, -0.1) is 0 Å². The highest BCUT2D eigenvalue weighted by Crippen LogP contribution is 2.36. The predicted octanol–water partition coefficient (Wildman–Crippen LogP) is 1.46. The first-order chi connectivity index (χ1) is 9.41. The lowest BCUT2D eigenvalue weighted by molar-refractivity contribution is -0.127. The maximum Gasteiger partial charge on any atom is 0.498 e. The molecular weight excluding hydrogens is 286 g/mol. The van der Waals surface area contributed by atoms with Crippen molar-refractivity contribution in [2.75, 3.05) is 5.73 Å². The van der Waals surface area contributed by atoms with E-state index in [1.54, 1.807) is 0 Å². The van der Waals surface area contributed by atoms with E-state index in [1.807, 2.05) is 27.7 Å². The molecule has 1 aliphatic rings. The molecule has 1 fully saturated rings. The Morgan fingerprint density at radius 2 is 1.71 bits per heavy atom. The highest BCUT2D eigenvalue weighted by molar-refractivity contribution is 6.62. The zero-order valence-corrected chi connectivity index (χ0v) is 12.3. The topological polar surface area (TPSA) is 70.3 Å². The van der Waals surface area contributed by atoms with E-state index in [9.17, 15) is 13.2 Å². The van der Waals surface area contributed by atoms with Gasteiger partial charge in [0.2, 0.25) is 5.95 Å². The third kappa shape index (κ3) is 3.29. The van der Waals surface area contributed by atoms with Crippen LogP contribution < -0.4 is 11.2 Å². The molecule has 0 bridgehead atoms. The molecule has 9 heteroatoms. The fraction of sp³-hybridized carbons (Fsp3) is 0.667. The van der Waals surface area contributed by atoms with E-state index in [-0.39, 0.29) is 17.1 Å². The lowest BCUT2D eigenvalue weighted by Gasteiger charge is -2.32. The second kappa shape index (κ2) is 4.84. The molecule has 2 N–H and O–H groups in total. The van der Waals surface area contributed by atoms with Crippen molar-refractivity contribution >= 4 is 18.5 Å². The van der Waals surface area contributed by atoms with Gasteiger partial charge in [0.15, 0.2) is 0 Å². The summed E-state index contributed by atoms with van der Waals surface area (Å²) in [5.74, 6) is -0.213. The van der Waals surface area contributed by atoms with Crippen LogP contribution in [-0.4, -0.2) is 34.5 Å². The number of rotatable bonds is 2. The number of alkyl halides is 3. The third-order valence-electron chi connectivity index (χ3n) is 3.79. The monoisotopic (exact) mass is 303 g/mol. The number of hydrogen-bond donors (Lipinski definition) is 1. The minimum absolute atomic E-state index is 0.153. The van der Waals surface area contributed by atoms with Crippen LogP contribution in [-0.2, 0) is 15.7 Å². The SMILES string of the molecule is CC1(C)OB(c2cnc(N)nc2CC(F)(F)F)OC1(C)C. The molecule has 0 aliphatic carbocycles. The van der Waals surface area contributed by atoms with Gasteiger partial charge in [0, 0.05) is 11.7 Å². The third-order valence-corrected chi connectivity index (χ3v) is 3.79. The van der Waals surface area contributed by atoms with Gasteiger partial charge in [-0.25, -0.2) is 9.97 Å². The number of anilines is 1. The maximum absolute atomic E-state index is 12.7. The highest BCUT2D eigenvalue weighted by atomic mass is 19.4. The maximum atomic E-state index is 12.7. The van der Waals surface area contributed by atoms with E-state index < -0.39 is 30.9 Å². The standard InChI is InChI=1S/C12H17BF3N3O2/c1-10(2)11(3,4)21-13(20-10)7-6-18-9(17)19-8(7)5-12(14,15)16/h6H,5H2,1-4H3,(H2,17,18,19). The summed E-state index contributed by atoms with van der Waals surface area (Å²) in [5, 5.41) is 0. The van der Waals surface area contributed by atoms with Gasteiger partial charge in [-0.1, -0.05) is 0 Å². The van der Waals surface area contributed by atoms with Crippen LogP contribution in [0.5, 0.6) is 0 Å². The van der Waals surface area contributed by atoms with Crippen molar-refractivity contribution in [2.24, 2.45) is 0 Å². The summed E-state index contributed by atoms with van der Waals surface area (Å²) in [4.78, 5) is 7.43. The molecule has 0 spiro atoms. The Labute approximate surface area is 121 Å². The second-order valence-corrected chi connectivity index (χ2v) is 6.01. The quantitative estimate of drug-likeness (QED) is 0.838. The molecule has 0 unspecified atom stereocenters. The lowest BCUT2D eigenvalue weighted by Crippen LogP contribution is -2.41. The number of halogens is 3. The molecular formula is C12H17BF3N3O2. The van der Waals surface area contributed by atoms with Gasteiger partial charge in [0.25, 0.3) is 0 Å². The molecule has 1 saturated heterocycles. The predicted molar refractivity (Wildman–Crippen MR) is 71.9 cm³/mol. The second-order valence-electron chi connectivity index (χ2n) is 6.01. The summed E-state index contributed by atoms with van der Waals surface area (Å²) < 4.78 is 49.5. The van der Waals surface area contributed by atoms with Crippen molar-refractivity contribution in [1.29, 1.82) is 0 Å². The lowest BCUT2D eigenvalue weighted by atomic mass is 9.78. The fourth-order valence-electron chi connectivity index (χ4n) is 1.94. The zero-order valence-electron chi connectivity index (χ0n) is 12.3. The fourth-order valence-corrected chi connectivity index (χ4v) is 1.94. The summed E-state index contributed by atoms with van der Waals surface area (Å²) in [6.07, 6.45) is -4.39. The molecule has 5 nitrogen and oxygen atoms in total. The van der Waals surface area contributed by atoms with Crippen molar-refractivity contribution in [3.63, 3.8) is 0 Å². The molecule has 2 heterocycles. The van der Waals surface area contributed by atoms with Gasteiger partial charge >= 0.3 is 13.3 Å². The van der Waals surface area contributed by atoms with Crippen molar-refractivity contribution in [3.05, 3.63) is 11.9 Å². The molecule has 0 amide bonds. The first kappa shape index (κ1) is 16.0. The van der Waals surface area contributed by atoms with Gasteiger partial charge in [0.1, 0.15) is 0 Å². The van der Waals surface area contributed by atoms with Crippen LogP contribution in [0.25, 0.3) is 0 Å². The Bertz CT molecular complexity index is 533. The number of nitrogens with two attached hydrogens (primary N) is 1. The van der Waals surface area contributed by atoms with Gasteiger partial charge in [-0.3, -0.25) is 0 Å². The van der Waals surface area contributed by atoms with E-state index in [4.69, 9.17) is 15.0 Å². The van der Waals surface area contributed by atoms with Crippen LogP contribution in [0.1, 0.15) is 33.4 Å². The van der Waals surface area contributed by atoms with E-state index in [0.29, 0.717) is 0 Å². The molecule has 2 rings (SSSR count). The van der Waals surface area contributed by atoms with Gasteiger partial charge in [-0.05, 0) is 27.7 Å². The average Bonchev–Trinajstić information content (AvgIpc) is 2.45. The van der Waals surface area contributed by atoms with Crippen molar-refractivity contribution in [3.8, 4) is 0 Å². The van der Waals surface area contributed by atoms with Crippen LogP contribution in [0.4, 0.5) is 19.1 Å². The van der Waals surface area contributed by atoms with Gasteiger partial charge in [0.05, 0.1) is 23.3 Å². The molecule has 1 aliphatic heterocycles. The van der Waals surface area contributed by atoms with Gasteiger partial charge in [-0.2, -0.15) is 13.2 Å². The average molecular weight is 303 g/mol. The smallest absolute Gasteiger partial charge is 0.399 e. The molecule has 0 saturated carbocycles. The summed E-state index contributed by atoms with van der Waals surface area (Å²) in [7, 11) is -0.951. The molecule has 1 aromatic rings. The number of aromatic nitrogens is 2. The molecule has 0 radical (unpaired) electrons. The molecule has 21 heavy (non-hydrogen) atoms.